The minimum Gasteiger partial charge on any atom is -0.469 e. The predicted octanol–water partition coefficient (Wildman–Crippen LogP) is 3.16. The Balaban J connectivity index is 0.00000280. The van der Waals surface area contributed by atoms with Crippen LogP contribution in [0.4, 0.5) is 0 Å². The molecule has 0 atom stereocenters. The highest BCUT2D eigenvalue weighted by molar-refractivity contribution is 14.0. The first-order valence-electron chi connectivity index (χ1n) is 9.80. The standard InChI is InChI=1S/C20H31N5O2.HI/c1-16(2)14-22-20(21-7-6-19-5-4-12-26-19)25-10-8-24(9-11-25)15-18-13-17(3)27-23-18;/h4-5,12-13,16H,6-11,14-15H2,1-3H3,(H,21,22);1H. The van der Waals surface area contributed by atoms with Crippen LogP contribution in [0, 0.1) is 12.8 Å². The zero-order valence-corrected chi connectivity index (χ0v) is 19.4. The molecule has 1 N–H and O–H groups in total. The van der Waals surface area contributed by atoms with E-state index in [-0.39, 0.29) is 24.0 Å². The first-order valence-corrected chi connectivity index (χ1v) is 9.80. The summed E-state index contributed by atoms with van der Waals surface area (Å²) < 4.78 is 10.6. The van der Waals surface area contributed by atoms with E-state index in [0.717, 1.165) is 75.4 Å². The predicted molar refractivity (Wildman–Crippen MR) is 121 cm³/mol. The lowest BCUT2D eigenvalue weighted by Gasteiger charge is -2.36. The molecule has 3 heterocycles. The first-order chi connectivity index (χ1) is 13.1. The average Bonchev–Trinajstić information content (AvgIpc) is 3.30. The van der Waals surface area contributed by atoms with E-state index in [9.17, 15) is 0 Å². The van der Waals surface area contributed by atoms with E-state index in [2.05, 4.69) is 34.1 Å². The van der Waals surface area contributed by atoms with Crippen molar-refractivity contribution >= 4 is 29.9 Å². The molecule has 2 aromatic rings. The van der Waals surface area contributed by atoms with Gasteiger partial charge >= 0.3 is 0 Å². The van der Waals surface area contributed by atoms with Crippen LogP contribution in [-0.4, -0.2) is 60.2 Å². The third-order valence-corrected chi connectivity index (χ3v) is 4.58. The molecule has 8 heteroatoms. The zero-order valence-electron chi connectivity index (χ0n) is 17.1. The SMILES string of the molecule is Cc1cc(CN2CCN(C(=NCC(C)C)NCCc3ccco3)CC2)no1.I. The summed E-state index contributed by atoms with van der Waals surface area (Å²) in [5, 5.41) is 7.62. The highest BCUT2D eigenvalue weighted by atomic mass is 127. The summed E-state index contributed by atoms with van der Waals surface area (Å²) in [5.41, 5.74) is 1.01. The van der Waals surface area contributed by atoms with Crippen LogP contribution < -0.4 is 5.32 Å². The molecular formula is C20H32IN5O2. The van der Waals surface area contributed by atoms with Gasteiger partial charge in [0.15, 0.2) is 5.96 Å². The van der Waals surface area contributed by atoms with Crippen molar-refractivity contribution in [2.24, 2.45) is 10.9 Å². The smallest absolute Gasteiger partial charge is 0.194 e. The minimum absolute atomic E-state index is 0. The van der Waals surface area contributed by atoms with Crippen molar-refractivity contribution in [1.29, 1.82) is 0 Å². The van der Waals surface area contributed by atoms with Crippen LogP contribution in [0.25, 0.3) is 0 Å². The van der Waals surface area contributed by atoms with Crippen molar-refractivity contribution in [2.45, 2.75) is 33.7 Å². The molecule has 1 aliphatic rings. The molecule has 0 unspecified atom stereocenters. The molecule has 0 amide bonds. The van der Waals surface area contributed by atoms with Crippen LogP contribution in [0.1, 0.15) is 31.1 Å². The number of halogens is 1. The summed E-state index contributed by atoms with van der Waals surface area (Å²) in [6.07, 6.45) is 2.58. The second kappa shape index (κ2) is 11.5. The first kappa shape index (κ1) is 22.7. The van der Waals surface area contributed by atoms with Crippen molar-refractivity contribution in [3.63, 3.8) is 0 Å². The van der Waals surface area contributed by atoms with Crippen LogP contribution >= 0.6 is 24.0 Å². The molecule has 3 rings (SSSR count). The number of nitrogens with zero attached hydrogens (tertiary/aromatic N) is 4. The number of nitrogens with one attached hydrogen (secondary N) is 1. The third kappa shape index (κ3) is 7.12. The molecule has 1 aliphatic heterocycles. The molecule has 0 spiro atoms. The van der Waals surface area contributed by atoms with E-state index in [4.69, 9.17) is 13.9 Å². The van der Waals surface area contributed by atoms with Crippen LogP contribution in [0.15, 0.2) is 38.4 Å². The summed E-state index contributed by atoms with van der Waals surface area (Å²) in [4.78, 5) is 9.60. The lowest BCUT2D eigenvalue weighted by Crippen LogP contribution is -2.52. The van der Waals surface area contributed by atoms with Crippen LogP contribution in [0.2, 0.25) is 0 Å². The van der Waals surface area contributed by atoms with Crippen molar-refractivity contribution in [3.8, 4) is 0 Å². The van der Waals surface area contributed by atoms with E-state index in [0.29, 0.717) is 5.92 Å². The number of piperazine rings is 1. The molecule has 1 saturated heterocycles. The Morgan fingerprint density at radius 2 is 2.07 bits per heavy atom. The van der Waals surface area contributed by atoms with Crippen molar-refractivity contribution in [3.05, 3.63) is 41.7 Å². The van der Waals surface area contributed by atoms with Crippen molar-refractivity contribution in [1.82, 2.24) is 20.3 Å². The van der Waals surface area contributed by atoms with Gasteiger partial charge in [-0.25, -0.2) is 0 Å². The van der Waals surface area contributed by atoms with Crippen molar-refractivity contribution in [2.75, 3.05) is 39.3 Å². The molecule has 0 aliphatic carbocycles. The van der Waals surface area contributed by atoms with Crippen molar-refractivity contribution < 1.29 is 8.94 Å². The fraction of sp³-hybridized carbons (Fsp3) is 0.600. The van der Waals surface area contributed by atoms with Gasteiger partial charge in [-0.05, 0) is 25.0 Å². The highest BCUT2D eigenvalue weighted by Crippen LogP contribution is 2.10. The fourth-order valence-electron chi connectivity index (χ4n) is 3.13. The van der Waals surface area contributed by atoms with Gasteiger partial charge in [0.25, 0.3) is 0 Å². The summed E-state index contributed by atoms with van der Waals surface area (Å²) in [5.74, 6) is 3.42. The highest BCUT2D eigenvalue weighted by Gasteiger charge is 2.20. The van der Waals surface area contributed by atoms with Gasteiger partial charge in [-0.1, -0.05) is 19.0 Å². The van der Waals surface area contributed by atoms with Gasteiger partial charge in [0.05, 0.1) is 12.0 Å². The van der Waals surface area contributed by atoms with Gasteiger partial charge < -0.3 is 19.2 Å². The molecule has 156 valence electrons. The summed E-state index contributed by atoms with van der Waals surface area (Å²) in [6, 6.07) is 5.95. The number of aryl methyl sites for hydroxylation is 1. The monoisotopic (exact) mass is 501 g/mol. The maximum absolute atomic E-state index is 5.42. The number of hydrogen-bond acceptors (Lipinski definition) is 5. The lowest BCUT2D eigenvalue weighted by molar-refractivity contribution is 0.168. The molecule has 0 saturated carbocycles. The second-order valence-electron chi connectivity index (χ2n) is 7.51. The minimum atomic E-state index is 0. The molecule has 7 nitrogen and oxygen atoms in total. The summed E-state index contributed by atoms with van der Waals surface area (Å²) in [7, 11) is 0. The maximum Gasteiger partial charge on any atom is 0.194 e. The third-order valence-electron chi connectivity index (χ3n) is 4.58. The molecule has 28 heavy (non-hydrogen) atoms. The Labute approximate surface area is 184 Å². The van der Waals surface area contributed by atoms with Gasteiger partial charge in [-0.2, -0.15) is 0 Å². The number of hydrogen-bond donors (Lipinski definition) is 1. The second-order valence-corrected chi connectivity index (χ2v) is 7.51. The molecule has 2 aromatic heterocycles. The number of guanidine groups is 1. The zero-order chi connectivity index (χ0) is 19.1. The number of aromatic nitrogens is 1. The van der Waals surface area contributed by atoms with E-state index >= 15 is 0 Å². The number of aliphatic imine (C=N–C) groups is 1. The topological polar surface area (TPSA) is 70.0 Å². The lowest BCUT2D eigenvalue weighted by atomic mass is 10.2. The van der Waals surface area contributed by atoms with Gasteiger partial charge in [-0.3, -0.25) is 9.89 Å². The van der Waals surface area contributed by atoms with Gasteiger partial charge in [0, 0.05) is 58.3 Å². The Bertz CT molecular complexity index is 706. The van der Waals surface area contributed by atoms with Gasteiger partial charge in [0.2, 0.25) is 0 Å². The van der Waals surface area contributed by atoms with E-state index in [1.54, 1.807) is 6.26 Å². The summed E-state index contributed by atoms with van der Waals surface area (Å²) in [6.45, 7) is 12.7. The quantitative estimate of drug-likeness (QED) is 0.357. The van der Waals surface area contributed by atoms with Crippen LogP contribution in [-0.2, 0) is 13.0 Å². The van der Waals surface area contributed by atoms with E-state index < -0.39 is 0 Å². The number of rotatable bonds is 7. The molecule has 0 bridgehead atoms. The molecular weight excluding hydrogens is 469 g/mol. The Hall–Kier alpha value is -1.55. The van der Waals surface area contributed by atoms with Gasteiger partial charge in [0.1, 0.15) is 11.5 Å². The Kier molecular flexibility index (Phi) is 9.30. The van der Waals surface area contributed by atoms with E-state index in [1.807, 2.05) is 25.1 Å². The normalized spacial score (nSPS) is 15.7. The summed E-state index contributed by atoms with van der Waals surface area (Å²) >= 11 is 0. The largest absolute Gasteiger partial charge is 0.469 e. The average molecular weight is 501 g/mol. The molecule has 0 aromatic carbocycles. The van der Waals surface area contributed by atoms with Crippen LogP contribution in [0.5, 0.6) is 0 Å². The van der Waals surface area contributed by atoms with E-state index in [1.165, 1.54) is 0 Å². The number of furan rings is 1. The Morgan fingerprint density at radius 3 is 2.68 bits per heavy atom. The van der Waals surface area contributed by atoms with Gasteiger partial charge in [-0.15, -0.1) is 24.0 Å². The van der Waals surface area contributed by atoms with Crippen LogP contribution in [0.3, 0.4) is 0 Å². The Morgan fingerprint density at radius 1 is 1.29 bits per heavy atom. The fourth-order valence-corrected chi connectivity index (χ4v) is 3.13. The maximum atomic E-state index is 5.42. The molecule has 1 fully saturated rings. The molecule has 0 radical (unpaired) electrons.